The zero-order valence-electron chi connectivity index (χ0n) is 10.3. The Morgan fingerprint density at radius 3 is 2.72 bits per heavy atom. The van der Waals surface area contributed by atoms with Crippen LogP contribution in [0.15, 0.2) is 24.3 Å². The molecule has 98 valence electrons. The number of benzene rings is 1. The van der Waals surface area contributed by atoms with Gasteiger partial charge in [-0.05, 0) is 47.8 Å². The van der Waals surface area contributed by atoms with Gasteiger partial charge in [-0.15, -0.1) is 0 Å². The zero-order valence-corrected chi connectivity index (χ0v) is 11.2. The molecule has 1 aliphatic heterocycles. The minimum Gasteiger partial charge on any atom is -0.480 e. The lowest BCUT2D eigenvalue weighted by atomic mass is 9.87. The lowest BCUT2D eigenvalue weighted by Gasteiger charge is -2.24. The summed E-state index contributed by atoms with van der Waals surface area (Å²) in [6.45, 7) is 0. The number of rotatable bonds is 4. The number of hydrogen-bond acceptors (Lipinski definition) is 3. The Kier molecular flexibility index (Phi) is 4.66. The van der Waals surface area contributed by atoms with Gasteiger partial charge in [0.25, 0.3) is 0 Å². The Hall–Kier alpha value is -1.00. The van der Waals surface area contributed by atoms with E-state index in [0.717, 1.165) is 5.56 Å². The lowest BCUT2D eigenvalue weighted by molar-refractivity contribution is -0.138. The first-order chi connectivity index (χ1) is 8.68. The van der Waals surface area contributed by atoms with Gasteiger partial charge in [0.1, 0.15) is 6.04 Å². The number of carboxylic acid groups (broad SMARTS) is 1. The molecule has 1 aliphatic rings. The summed E-state index contributed by atoms with van der Waals surface area (Å²) in [5.41, 5.74) is 8.04. The first-order valence-corrected chi connectivity index (χ1v) is 7.48. The molecular formula is C14H19NO2S. The van der Waals surface area contributed by atoms with Gasteiger partial charge >= 0.3 is 5.97 Å². The van der Waals surface area contributed by atoms with Crippen molar-refractivity contribution < 1.29 is 9.90 Å². The van der Waals surface area contributed by atoms with Crippen molar-refractivity contribution >= 4 is 17.7 Å². The predicted molar refractivity (Wildman–Crippen MR) is 75.1 cm³/mol. The molecule has 0 amide bonds. The molecule has 1 unspecified atom stereocenters. The van der Waals surface area contributed by atoms with Crippen LogP contribution >= 0.6 is 11.8 Å². The van der Waals surface area contributed by atoms with Gasteiger partial charge in [0.15, 0.2) is 0 Å². The van der Waals surface area contributed by atoms with Crippen molar-refractivity contribution in [3.05, 3.63) is 35.4 Å². The average molecular weight is 265 g/mol. The number of nitrogens with two attached hydrogens (primary N) is 1. The van der Waals surface area contributed by atoms with Gasteiger partial charge in [0, 0.05) is 0 Å². The normalized spacial score (nSPS) is 18.5. The van der Waals surface area contributed by atoms with Gasteiger partial charge in [0.2, 0.25) is 0 Å². The Labute approximate surface area is 112 Å². The number of carboxylic acids is 1. The second-order valence-corrected chi connectivity index (χ2v) is 5.96. The molecule has 2 rings (SSSR count). The Morgan fingerprint density at radius 2 is 2.06 bits per heavy atom. The number of carbonyl (C=O) groups is 1. The molecule has 0 bridgehead atoms. The van der Waals surface area contributed by atoms with E-state index in [4.69, 9.17) is 10.8 Å². The maximum absolute atomic E-state index is 10.9. The van der Waals surface area contributed by atoms with E-state index in [1.54, 1.807) is 0 Å². The molecule has 1 fully saturated rings. The highest BCUT2D eigenvalue weighted by Gasteiger charge is 2.20. The van der Waals surface area contributed by atoms with Crippen LogP contribution < -0.4 is 5.73 Å². The maximum atomic E-state index is 10.9. The van der Waals surface area contributed by atoms with E-state index >= 15 is 0 Å². The lowest BCUT2D eigenvalue weighted by Crippen LogP contribution is -2.32. The molecule has 18 heavy (non-hydrogen) atoms. The van der Waals surface area contributed by atoms with Crippen molar-refractivity contribution in [3.8, 4) is 0 Å². The molecule has 0 saturated carbocycles. The van der Waals surface area contributed by atoms with Crippen LogP contribution in [0.2, 0.25) is 0 Å². The summed E-state index contributed by atoms with van der Waals surface area (Å²) in [5.74, 6) is 2.04. The SMILES string of the molecule is NC(Cc1ccccc1C1CCSCC1)C(=O)O. The van der Waals surface area contributed by atoms with Crippen molar-refractivity contribution in [1.29, 1.82) is 0 Å². The summed E-state index contributed by atoms with van der Waals surface area (Å²) in [6, 6.07) is 7.34. The topological polar surface area (TPSA) is 63.3 Å². The molecule has 0 aliphatic carbocycles. The van der Waals surface area contributed by atoms with Gasteiger partial charge in [-0.25, -0.2) is 0 Å². The molecular weight excluding hydrogens is 246 g/mol. The molecule has 3 nitrogen and oxygen atoms in total. The zero-order chi connectivity index (χ0) is 13.0. The van der Waals surface area contributed by atoms with Gasteiger partial charge in [-0.1, -0.05) is 24.3 Å². The molecule has 3 N–H and O–H groups in total. The fourth-order valence-electron chi connectivity index (χ4n) is 2.45. The quantitative estimate of drug-likeness (QED) is 0.876. The second kappa shape index (κ2) is 6.25. The third-order valence-electron chi connectivity index (χ3n) is 3.47. The van der Waals surface area contributed by atoms with Crippen molar-refractivity contribution in [2.75, 3.05) is 11.5 Å². The van der Waals surface area contributed by atoms with E-state index in [-0.39, 0.29) is 0 Å². The fraction of sp³-hybridized carbons (Fsp3) is 0.500. The van der Waals surface area contributed by atoms with Gasteiger partial charge in [-0.2, -0.15) is 11.8 Å². The Bertz CT molecular complexity index is 416. The average Bonchev–Trinajstić information content (AvgIpc) is 2.40. The van der Waals surface area contributed by atoms with Crippen LogP contribution in [0.4, 0.5) is 0 Å². The smallest absolute Gasteiger partial charge is 0.320 e. The fourth-order valence-corrected chi connectivity index (χ4v) is 3.56. The molecule has 0 aromatic heterocycles. The Morgan fingerprint density at radius 1 is 1.39 bits per heavy atom. The summed E-state index contributed by atoms with van der Waals surface area (Å²) in [7, 11) is 0. The van der Waals surface area contributed by atoms with Crippen molar-refractivity contribution in [2.24, 2.45) is 5.73 Å². The molecule has 1 aromatic rings. The monoisotopic (exact) mass is 265 g/mol. The maximum Gasteiger partial charge on any atom is 0.320 e. The largest absolute Gasteiger partial charge is 0.480 e. The number of hydrogen-bond donors (Lipinski definition) is 2. The van der Waals surface area contributed by atoms with Crippen LogP contribution in [-0.4, -0.2) is 28.6 Å². The Balaban J connectivity index is 2.16. The van der Waals surface area contributed by atoms with Gasteiger partial charge in [-0.3, -0.25) is 4.79 Å². The number of aliphatic carboxylic acids is 1. The molecule has 4 heteroatoms. The molecule has 1 heterocycles. The van der Waals surface area contributed by atoms with E-state index in [1.807, 2.05) is 30.0 Å². The second-order valence-electron chi connectivity index (χ2n) is 4.73. The summed E-state index contributed by atoms with van der Waals surface area (Å²) >= 11 is 2.00. The van der Waals surface area contributed by atoms with Crippen LogP contribution in [0.3, 0.4) is 0 Å². The highest BCUT2D eigenvalue weighted by molar-refractivity contribution is 7.99. The molecule has 0 radical (unpaired) electrons. The van der Waals surface area contributed by atoms with Crippen molar-refractivity contribution in [1.82, 2.24) is 0 Å². The van der Waals surface area contributed by atoms with E-state index in [0.29, 0.717) is 12.3 Å². The van der Waals surface area contributed by atoms with Crippen molar-refractivity contribution in [3.63, 3.8) is 0 Å². The molecule has 1 saturated heterocycles. The molecule has 1 aromatic carbocycles. The van der Waals surface area contributed by atoms with Crippen LogP contribution in [0.5, 0.6) is 0 Å². The van der Waals surface area contributed by atoms with Crippen LogP contribution in [0.1, 0.15) is 29.9 Å². The van der Waals surface area contributed by atoms with E-state index in [1.165, 1.54) is 29.9 Å². The third kappa shape index (κ3) is 3.27. The first kappa shape index (κ1) is 13.4. The van der Waals surface area contributed by atoms with Gasteiger partial charge in [0.05, 0.1) is 0 Å². The highest BCUT2D eigenvalue weighted by atomic mass is 32.2. The standard InChI is InChI=1S/C14H19NO2S/c15-13(14(16)17)9-11-3-1-2-4-12(11)10-5-7-18-8-6-10/h1-4,10,13H,5-9,15H2,(H,16,17). The van der Waals surface area contributed by atoms with Crippen LogP contribution in [0.25, 0.3) is 0 Å². The van der Waals surface area contributed by atoms with Crippen LogP contribution in [-0.2, 0) is 11.2 Å². The highest BCUT2D eigenvalue weighted by Crippen LogP contribution is 2.33. The van der Waals surface area contributed by atoms with E-state index < -0.39 is 12.0 Å². The predicted octanol–water partition coefficient (Wildman–Crippen LogP) is 2.25. The van der Waals surface area contributed by atoms with Gasteiger partial charge < -0.3 is 10.8 Å². The minimum atomic E-state index is -0.927. The summed E-state index contributed by atoms with van der Waals surface area (Å²) in [5, 5.41) is 8.92. The van der Waals surface area contributed by atoms with E-state index in [9.17, 15) is 4.79 Å². The first-order valence-electron chi connectivity index (χ1n) is 6.32. The van der Waals surface area contributed by atoms with Crippen LogP contribution in [0, 0.1) is 0 Å². The summed E-state index contributed by atoms with van der Waals surface area (Å²) < 4.78 is 0. The molecule has 1 atom stereocenters. The minimum absolute atomic E-state index is 0.426. The third-order valence-corrected chi connectivity index (χ3v) is 4.52. The van der Waals surface area contributed by atoms with Crippen molar-refractivity contribution in [2.45, 2.75) is 31.2 Å². The van der Waals surface area contributed by atoms with E-state index in [2.05, 4.69) is 6.07 Å². The molecule has 0 spiro atoms. The number of thioether (sulfide) groups is 1. The summed E-state index contributed by atoms with van der Waals surface area (Å²) in [6.07, 6.45) is 2.79. The summed E-state index contributed by atoms with van der Waals surface area (Å²) in [4.78, 5) is 10.9.